The van der Waals surface area contributed by atoms with Gasteiger partial charge in [0.1, 0.15) is 11.3 Å². The van der Waals surface area contributed by atoms with Crippen molar-refractivity contribution in [2.45, 2.75) is 18.9 Å². The molecule has 1 aliphatic rings. The number of hydrogen-bond acceptors (Lipinski definition) is 6. The number of ether oxygens (including phenoxy) is 2. The summed E-state index contributed by atoms with van der Waals surface area (Å²) in [5.74, 6) is 0.866. The van der Waals surface area contributed by atoms with E-state index in [-0.39, 0.29) is 12.0 Å². The molecule has 0 spiro atoms. The summed E-state index contributed by atoms with van der Waals surface area (Å²) in [7, 11) is 1.64. The molecule has 0 radical (unpaired) electrons. The molecule has 1 fully saturated rings. The van der Waals surface area contributed by atoms with Crippen LogP contribution < -0.4 is 9.64 Å². The molecule has 0 aliphatic carbocycles. The van der Waals surface area contributed by atoms with E-state index < -0.39 is 0 Å². The largest absolute Gasteiger partial charge is 0.497 e. The first-order valence-corrected chi connectivity index (χ1v) is 10.4. The quantitative estimate of drug-likeness (QED) is 0.471. The summed E-state index contributed by atoms with van der Waals surface area (Å²) in [5, 5.41) is 1.54. The summed E-state index contributed by atoms with van der Waals surface area (Å²) in [4.78, 5) is 19.8. The smallest absolute Gasteiger partial charge is 0.295 e. The van der Waals surface area contributed by atoms with Crippen LogP contribution in [0.1, 0.15) is 23.4 Å². The van der Waals surface area contributed by atoms with Crippen LogP contribution in [0.2, 0.25) is 0 Å². The van der Waals surface area contributed by atoms with Crippen molar-refractivity contribution in [3.05, 3.63) is 54.3 Å². The Balaban J connectivity index is 1.54. The molecule has 3 heterocycles. The Labute approximate surface area is 171 Å². The van der Waals surface area contributed by atoms with Crippen LogP contribution in [-0.2, 0) is 4.74 Å². The lowest BCUT2D eigenvalue weighted by Crippen LogP contribution is -2.37. The predicted molar refractivity (Wildman–Crippen MR) is 113 cm³/mol. The fraction of sp³-hybridized carbons (Fsp3) is 0.273. The molecule has 1 aliphatic heterocycles. The van der Waals surface area contributed by atoms with Gasteiger partial charge in [0.25, 0.3) is 5.91 Å². The highest BCUT2D eigenvalue weighted by Gasteiger charge is 2.29. The Bertz CT molecular complexity index is 1140. The van der Waals surface area contributed by atoms with E-state index in [0.717, 1.165) is 40.8 Å². The Hall–Kier alpha value is -2.90. The summed E-state index contributed by atoms with van der Waals surface area (Å²) in [6, 6.07) is 15.1. The highest BCUT2D eigenvalue weighted by atomic mass is 32.1. The van der Waals surface area contributed by atoms with Gasteiger partial charge in [-0.1, -0.05) is 29.5 Å². The molecule has 0 N–H and O–H groups in total. The Morgan fingerprint density at radius 1 is 1.28 bits per heavy atom. The zero-order valence-corrected chi connectivity index (χ0v) is 16.8. The van der Waals surface area contributed by atoms with Crippen LogP contribution in [0, 0.1) is 0 Å². The number of hydrogen-bond donors (Lipinski definition) is 0. The van der Waals surface area contributed by atoms with Gasteiger partial charge in [-0.05, 0) is 43.2 Å². The number of nitrogens with zero attached hydrogens (tertiary/aromatic N) is 2. The van der Waals surface area contributed by atoms with Crippen LogP contribution >= 0.6 is 11.3 Å². The maximum atomic E-state index is 13.4. The van der Waals surface area contributed by atoms with Crippen LogP contribution in [0.4, 0.5) is 5.13 Å². The number of benzene rings is 2. The minimum Gasteiger partial charge on any atom is -0.497 e. The molecule has 1 atom stereocenters. The third kappa shape index (κ3) is 3.47. The fourth-order valence-corrected chi connectivity index (χ4v) is 4.60. The van der Waals surface area contributed by atoms with Gasteiger partial charge in [0.05, 0.1) is 30.0 Å². The van der Waals surface area contributed by atoms with Crippen molar-refractivity contribution in [2.75, 3.05) is 25.2 Å². The van der Waals surface area contributed by atoms with Crippen molar-refractivity contribution in [1.29, 1.82) is 0 Å². The molecule has 29 heavy (non-hydrogen) atoms. The van der Waals surface area contributed by atoms with Gasteiger partial charge in [0.15, 0.2) is 10.9 Å². The molecule has 1 saturated heterocycles. The lowest BCUT2D eigenvalue weighted by atomic mass is 10.2. The van der Waals surface area contributed by atoms with Crippen molar-refractivity contribution in [1.82, 2.24) is 4.98 Å². The van der Waals surface area contributed by atoms with Gasteiger partial charge < -0.3 is 13.9 Å². The Kier molecular flexibility index (Phi) is 4.69. The van der Waals surface area contributed by atoms with E-state index >= 15 is 0 Å². The number of carbonyl (C=O) groups is 1. The number of para-hydroxylation sites is 1. The monoisotopic (exact) mass is 408 g/mol. The van der Waals surface area contributed by atoms with Crippen LogP contribution in [-0.4, -0.2) is 37.3 Å². The molecule has 4 aromatic rings. The predicted octanol–water partition coefficient (Wildman–Crippen LogP) is 4.88. The molecular formula is C22H20N2O4S. The summed E-state index contributed by atoms with van der Waals surface area (Å²) in [6.07, 6.45) is 1.95. The first-order chi connectivity index (χ1) is 14.2. The highest BCUT2D eigenvalue weighted by Crippen LogP contribution is 2.33. The third-order valence-corrected chi connectivity index (χ3v) is 6.15. The average molecular weight is 408 g/mol. The molecule has 0 bridgehead atoms. The molecule has 2 aromatic carbocycles. The van der Waals surface area contributed by atoms with E-state index in [1.54, 1.807) is 18.1 Å². The van der Waals surface area contributed by atoms with Crippen molar-refractivity contribution < 1.29 is 18.7 Å². The van der Waals surface area contributed by atoms with Crippen LogP contribution in [0.15, 0.2) is 52.9 Å². The topological polar surface area (TPSA) is 64.8 Å². The number of methoxy groups -OCH3 is 1. The summed E-state index contributed by atoms with van der Waals surface area (Å²) >= 11 is 1.46. The molecule has 5 rings (SSSR count). The summed E-state index contributed by atoms with van der Waals surface area (Å²) in [6.45, 7) is 1.18. The second kappa shape index (κ2) is 7.50. The zero-order valence-electron chi connectivity index (χ0n) is 16.0. The lowest BCUT2D eigenvalue weighted by Gasteiger charge is -2.22. The van der Waals surface area contributed by atoms with E-state index in [0.29, 0.717) is 23.0 Å². The summed E-state index contributed by atoms with van der Waals surface area (Å²) in [5.41, 5.74) is 1.53. The molecule has 6 nitrogen and oxygen atoms in total. The van der Waals surface area contributed by atoms with Gasteiger partial charge >= 0.3 is 0 Å². The molecule has 0 unspecified atom stereocenters. The maximum absolute atomic E-state index is 13.4. The van der Waals surface area contributed by atoms with Crippen LogP contribution in [0.5, 0.6) is 5.75 Å². The van der Waals surface area contributed by atoms with Crippen molar-refractivity contribution in [2.24, 2.45) is 0 Å². The average Bonchev–Trinajstić information content (AvgIpc) is 3.49. The number of carbonyl (C=O) groups excluding carboxylic acids is 1. The Morgan fingerprint density at radius 2 is 2.17 bits per heavy atom. The van der Waals surface area contributed by atoms with Gasteiger partial charge in [-0.2, -0.15) is 0 Å². The minimum absolute atomic E-state index is 0.00452. The number of amides is 1. The second-order valence-electron chi connectivity index (χ2n) is 7.03. The zero-order chi connectivity index (χ0) is 19.8. The SMILES string of the molecule is COc1ccc2nc(N(C[C@@H]3CCCO3)C(=O)c3cc4ccccc4o3)sc2c1. The number of anilines is 1. The van der Waals surface area contributed by atoms with Gasteiger partial charge in [0, 0.05) is 12.0 Å². The molecule has 1 amide bonds. The van der Waals surface area contributed by atoms with Crippen molar-refractivity contribution in [3.63, 3.8) is 0 Å². The molecule has 148 valence electrons. The van der Waals surface area contributed by atoms with Crippen LogP contribution in [0.25, 0.3) is 21.2 Å². The van der Waals surface area contributed by atoms with Gasteiger partial charge in [-0.25, -0.2) is 4.98 Å². The van der Waals surface area contributed by atoms with E-state index in [9.17, 15) is 4.79 Å². The van der Waals surface area contributed by atoms with Gasteiger partial charge in [-0.3, -0.25) is 9.69 Å². The van der Waals surface area contributed by atoms with Crippen LogP contribution in [0.3, 0.4) is 0 Å². The normalized spacial score (nSPS) is 16.5. The van der Waals surface area contributed by atoms with E-state index in [2.05, 4.69) is 0 Å². The third-order valence-electron chi connectivity index (χ3n) is 5.11. The second-order valence-corrected chi connectivity index (χ2v) is 8.04. The molecule has 2 aromatic heterocycles. The number of aromatic nitrogens is 1. The molecular weight excluding hydrogens is 388 g/mol. The molecule has 0 saturated carbocycles. The Morgan fingerprint density at radius 3 is 2.97 bits per heavy atom. The van der Waals surface area contributed by atoms with E-state index in [1.807, 2.05) is 42.5 Å². The highest BCUT2D eigenvalue weighted by molar-refractivity contribution is 7.22. The fourth-order valence-electron chi connectivity index (χ4n) is 3.60. The van der Waals surface area contributed by atoms with Gasteiger partial charge in [0.2, 0.25) is 0 Å². The lowest BCUT2D eigenvalue weighted by molar-refractivity contribution is 0.0896. The standard InChI is InChI=1S/C22H20N2O4S/c1-26-15-8-9-17-20(12-15)29-22(23-17)24(13-16-6-4-10-27-16)21(25)19-11-14-5-2-3-7-18(14)28-19/h2-3,5,7-9,11-12,16H,4,6,10,13H2,1H3/t16-/m0/s1. The summed E-state index contributed by atoms with van der Waals surface area (Å²) < 4.78 is 17.9. The maximum Gasteiger partial charge on any atom is 0.295 e. The first-order valence-electron chi connectivity index (χ1n) is 9.58. The number of rotatable bonds is 5. The minimum atomic E-state index is -0.206. The van der Waals surface area contributed by atoms with E-state index in [1.165, 1.54) is 11.3 Å². The number of fused-ring (bicyclic) bond motifs is 2. The van der Waals surface area contributed by atoms with Crippen molar-refractivity contribution >= 4 is 43.6 Å². The first kappa shape index (κ1) is 18.1. The molecule has 7 heteroatoms. The number of furan rings is 1. The van der Waals surface area contributed by atoms with E-state index in [4.69, 9.17) is 18.9 Å². The van der Waals surface area contributed by atoms with Gasteiger partial charge in [-0.15, -0.1) is 0 Å². The van der Waals surface area contributed by atoms with Crippen molar-refractivity contribution in [3.8, 4) is 5.75 Å². The number of thiazole rings is 1.